The van der Waals surface area contributed by atoms with Crippen molar-refractivity contribution < 1.29 is 8.42 Å². The maximum absolute atomic E-state index is 12.3. The zero-order chi connectivity index (χ0) is 14.8. The highest BCUT2D eigenvalue weighted by Crippen LogP contribution is 2.24. The van der Waals surface area contributed by atoms with Gasteiger partial charge in [-0.25, -0.2) is 8.42 Å². The van der Waals surface area contributed by atoms with Crippen molar-refractivity contribution in [2.75, 3.05) is 4.72 Å². The summed E-state index contributed by atoms with van der Waals surface area (Å²) >= 11 is 3.25. The standard InChI is InChI=1S/C13H14BrN3O2S/c1-9(15)10-3-2-4-11(7-10)20(18,19)17-13-5-6-16-8-12(13)14/h2-9H,15H2,1H3,(H,16,17). The molecule has 0 bridgehead atoms. The first-order chi connectivity index (χ1) is 9.40. The lowest BCUT2D eigenvalue weighted by molar-refractivity contribution is 0.601. The van der Waals surface area contributed by atoms with Crippen LogP contribution in [0.15, 0.2) is 52.1 Å². The van der Waals surface area contributed by atoms with Gasteiger partial charge in [0, 0.05) is 18.4 Å². The second-order valence-corrected chi connectivity index (χ2v) is 6.86. The molecule has 0 saturated carbocycles. The van der Waals surface area contributed by atoms with Crippen LogP contribution >= 0.6 is 15.9 Å². The number of nitrogens with two attached hydrogens (primary N) is 1. The summed E-state index contributed by atoms with van der Waals surface area (Å²) in [5, 5.41) is 0. The van der Waals surface area contributed by atoms with Gasteiger partial charge in [-0.3, -0.25) is 9.71 Å². The van der Waals surface area contributed by atoms with E-state index in [9.17, 15) is 8.42 Å². The minimum atomic E-state index is -3.66. The van der Waals surface area contributed by atoms with Gasteiger partial charge < -0.3 is 5.73 Å². The molecule has 106 valence electrons. The molecule has 0 aliphatic heterocycles. The van der Waals surface area contributed by atoms with Crippen molar-refractivity contribution in [3.63, 3.8) is 0 Å². The van der Waals surface area contributed by atoms with E-state index in [1.807, 2.05) is 0 Å². The van der Waals surface area contributed by atoms with Gasteiger partial charge >= 0.3 is 0 Å². The van der Waals surface area contributed by atoms with Gasteiger partial charge in [0.25, 0.3) is 10.0 Å². The molecule has 2 aromatic rings. The molecule has 1 unspecified atom stereocenters. The molecule has 1 aromatic heterocycles. The van der Waals surface area contributed by atoms with Crippen molar-refractivity contribution in [1.82, 2.24) is 4.98 Å². The average Bonchev–Trinajstić information content (AvgIpc) is 2.41. The summed E-state index contributed by atoms with van der Waals surface area (Å²) in [5.41, 5.74) is 6.97. The summed E-state index contributed by atoms with van der Waals surface area (Å²) in [4.78, 5) is 4.06. The molecular weight excluding hydrogens is 342 g/mol. The van der Waals surface area contributed by atoms with Crippen LogP contribution in [0.5, 0.6) is 0 Å². The SMILES string of the molecule is CC(N)c1cccc(S(=O)(=O)Nc2ccncc2Br)c1. The van der Waals surface area contributed by atoms with E-state index in [1.165, 1.54) is 18.5 Å². The monoisotopic (exact) mass is 355 g/mol. The predicted octanol–water partition coefficient (Wildman–Crippen LogP) is 2.66. The van der Waals surface area contributed by atoms with E-state index in [-0.39, 0.29) is 10.9 Å². The normalized spacial score (nSPS) is 12.9. The van der Waals surface area contributed by atoms with Crippen LogP contribution in [-0.4, -0.2) is 13.4 Å². The number of nitrogens with one attached hydrogen (secondary N) is 1. The molecule has 7 heteroatoms. The van der Waals surface area contributed by atoms with Crippen LogP contribution in [0.2, 0.25) is 0 Å². The molecule has 2 rings (SSSR count). The van der Waals surface area contributed by atoms with Crippen molar-refractivity contribution in [3.8, 4) is 0 Å². The summed E-state index contributed by atoms with van der Waals surface area (Å²) in [5.74, 6) is 0. The topological polar surface area (TPSA) is 85.1 Å². The Labute approximate surface area is 126 Å². The molecule has 0 radical (unpaired) electrons. The van der Waals surface area contributed by atoms with Gasteiger partial charge in [0.1, 0.15) is 0 Å². The Morgan fingerprint density at radius 3 is 2.75 bits per heavy atom. The fourth-order valence-electron chi connectivity index (χ4n) is 1.63. The Hall–Kier alpha value is -1.44. The Balaban J connectivity index is 2.36. The van der Waals surface area contributed by atoms with Gasteiger partial charge in [-0.2, -0.15) is 0 Å². The van der Waals surface area contributed by atoms with Crippen LogP contribution in [0.25, 0.3) is 0 Å². The molecule has 3 N–H and O–H groups in total. The predicted molar refractivity (Wildman–Crippen MR) is 81.8 cm³/mol. The number of rotatable bonds is 4. The molecule has 1 atom stereocenters. The quantitative estimate of drug-likeness (QED) is 0.882. The van der Waals surface area contributed by atoms with E-state index < -0.39 is 10.0 Å². The third-order valence-electron chi connectivity index (χ3n) is 2.71. The number of nitrogens with zero attached hydrogens (tertiary/aromatic N) is 1. The van der Waals surface area contributed by atoms with Crippen LogP contribution in [0.1, 0.15) is 18.5 Å². The van der Waals surface area contributed by atoms with Gasteiger partial charge in [-0.15, -0.1) is 0 Å². The molecule has 0 amide bonds. The van der Waals surface area contributed by atoms with Crippen LogP contribution in [-0.2, 0) is 10.0 Å². The van der Waals surface area contributed by atoms with Gasteiger partial charge in [0.15, 0.2) is 0 Å². The first kappa shape index (κ1) is 15.0. The van der Waals surface area contributed by atoms with E-state index in [2.05, 4.69) is 25.6 Å². The number of sulfonamides is 1. The lowest BCUT2D eigenvalue weighted by atomic mass is 10.1. The van der Waals surface area contributed by atoms with Crippen LogP contribution < -0.4 is 10.5 Å². The zero-order valence-electron chi connectivity index (χ0n) is 10.7. The first-order valence-electron chi connectivity index (χ1n) is 5.88. The molecule has 1 aromatic carbocycles. The molecule has 20 heavy (non-hydrogen) atoms. The van der Waals surface area contributed by atoms with Gasteiger partial charge in [-0.05, 0) is 46.6 Å². The third kappa shape index (κ3) is 3.36. The van der Waals surface area contributed by atoms with Gasteiger partial charge in [0.2, 0.25) is 0 Å². The summed E-state index contributed by atoms with van der Waals surface area (Å²) in [6.07, 6.45) is 3.04. The highest BCUT2D eigenvalue weighted by Gasteiger charge is 2.16. The van der Waals surface area contributed by atoms with Gasteiger partial charge in [-0.1, -0.05) is 12.1 Å². The number of anilines is 1. The molecule has 0 aliphatic rings. The Morgan fingerprint density at radius 1 is 1.35 bits per heavy atom. The Kier molecular flexibility index (Phi) is 4.42. The second kappa shape index (κ2) is 5.90. The highest BCUT2D eigenvalue weighted by molar-refractivity contribution is 9.10. The minimum absolute atomic E-state index is 0.177. The van der Waals surface area contributed by atoms with E-state index in [4.69, 9.17) is 5.73 Å². The lowest BCUT2D eigenvalue weighted by Crippen LogP contribution is -2.14. The average molecular weight is 356 g/mol. The van der Waals surface area contributed by atoms with Crippen molar-refractivity contribution in [3.05, 3.63) is 52.8 Å². The van der Waals surface area contributed by atoms with Crippen LogP contribution in [0.3, 0.4) is 0 Å². The molecule has 5 nitrogen and oxygen atoms in total. The Morgan fingerprint density at radius 2 is 2.10 bits per heavy atom. The first-order valence-corrected chi connectivity index (χ1v) is 8.15. The largest absolute Gasteiger partial charge is 0.324 e. The van der Waals surface area contributed by atoms with Gasteiger partial charge in [0.05, 0.1) is 15.1 Å². The van der Waals surface area contributed by atoms with Crippen molar-refractivity contribution >= 4 is 31.6 Å². The summed E-state index contributed by atoms with van der Waals surface area (Å²) in [7, 11) is -3.66. The fourth-order valence-corrected chi connectivity index (χ4v) is 3.24. The number of hydrogen-bond acceptors (Lipinski definition) is 4. The fraction of sp³-hybridized carbons (Fsp3) is 0.154. The van der Waals surface area contributed by atoms with Crippen molar-refractivity contribution in [2.45, 2.75) is 17.9 Å². The van der Waals surface area contributed by atoms with E-state index in [1.54, 1.807) is 31.2 Å². The molecule has 0 saturated heterocycles. The smallest absolute Gasteiger partial charge is 0.261 e. The Bertz CT molecular complexity index is 717. The molecule has 1 heterocycles. The number of aromatic nitrogens is 1. The van der Waals surface area contributed by atoms with E-state index >= 15 is 0 Å². The molecule has 0 spiro atoms. The summed E-state index contributed by atoms with van der Waals surface area (Å²) in [6, 6.07) is 7.93. The number of hydrogen-bond donors (Lipinski definition) is 2. The number of halogens is 1. The third-order valence-corrected chi connectivity index (χ3v) is 4.71. The molecule has 0 fully saturated rings. The van der Waals surface area contributed by atoms with Crippen LogP contribution in [0.4, 0.5) is 5.69 Å². The number of benzene rings is 1. The lowest BCUT2D eigenvalue weighted by Gasteiger charge is -2.11. The molecule has 0 aliphatic carbocycles. The van der Waals surface area contributed by atoms with E-state index in [0.29, 0.717) is 10.2 Å². The minimum Gasteiger partial charge on any atom is -0.324 e. The zero-order valence-corrected chi connectivity index (χ0v) is 13.1. The van der Waals surface area contributed by atoms with Crippen molar-refractivity contribution in [1.29, 1.82) is 0 Å². The highest BCUT2D eigenvalue weighted by atomic mass is 79.9. The maximum atomic E-state index is 12.3. The molecular formula is C13H14BrN3O2S. The van der Waals surface area contributed by atoms with E-state index in [0.717, 1.165) is 5.56 Å². The second-order valence-electron chi connectivity index (χ2n) is 4.32. The summed E-state index contributed by atoms with van der Waals surface area (Å²) in [6.45, 7) is 1.80. The number of pyridine rings is 1. The van der Waals surface area contributed by atoms with Crippen LogP contribution in [0, 0.1) is 0 Å². The summed E-state index contributed by atoms with van der Waals surface area (Å²) < 4.78 is 27.8. The maximum Gasteiger partial charge on any atom is 0.261 e. The van der Waals surface area contributed by atoms with Crippen molar-refractivity contribution in [2.24, 2.45) is 5.73 Å².